The Balaban J connectivity index is 1.52. The van der Waals surface area contributed by atoms with Gasteiger partial charge in [-0.05, 0) is 67.5 Å². The van der Waals surface area contributed by atoms with E-state index in [0.29, 0.717) is 37.7 Å². The lowest BCUT2D eigenvalue weighted by molar-refractivity contribution is -0.137. The highest BCUT2D eigenvalue weighted by molar-refractivity contribution is 7.80. The van der Waals surface area contributed by atoms with E-state index in [1.807, 2.05) is 40.7 Å². The quantitative estimate of drug-likeness (QED) is 0.123. The molecule has 0 radical (unpaired) electrons. The van der Waals surface area contributed by atoms with Crippen LogP contribution in [-0.4, -0.2) is 55.2 Å². The Kier molecular flexibility index (Phi) is 9.23. The zero-order valence-corrected chi connectivity index (χ0v) is 27.3. The number of allylic oxidation sites excluding steroid dienone is 1. The smallest absolute Gasteiger partial charge is 0.303 e. The van der Waals surface area contributed by atoms with E-state index < -0.39 is 11.9 Å². The second kappa shape index (κ2) is 12.7. The Bertz CT molecular complexity index is 1610. The van der Waals surface area contributed by atoms with Crippen LogP contribution in [0.5, 0.6) is 0 Å². The minimum Gasteiger partial charge on any atom is -0.481 e. The molecule has 2 aromatic heterocycles. The van der Waals surface area contributed by atoms with E-state index in [-0.39, 0.29) is 41.4 Å². The van der Waals surface area contributed by atoms with Crippen molar-refractivity contribution in [3.63, 3.8) is 0 Å². The van der Waals surface area contributed by atoms with Crippen molar-refractivity contribution in [3.05, 3.63) is 74.5 Å². The summed E-state index contributed by atoms with van der Waals surface area (Å²) < 4.78 is 0. The predicted octanol–water partition coefficient (Wildman–Crippen LogP) is 3.27. The summed E-state index contributed by atoms with van der Waals surface area (Å²) in [5.41, 5.74) is 12.4. The first-order valence-electron chi connectivity index (χ1n) is 15.4. The van der Waals surface area contributed by atoms with E-state index in [1.54, 1.807) is 6.08 Å². The van der Waals surface area contributed by atoms with Gasteiger partial charge in [0.25, 0.3) is 11.8 Å². The minimum atomic E-state index is -1.36. The third kappa shape index (κ3) is 6.69. The van der Waals surface area contributed by atoms with Gasteiger partial charge in [-0.3, -0.25) is 14.4 Å². The van der Waals surface area contributed by atoms with E-state index in [2.05, 4.69) is 45.3 Å². The molecule has 2 aromatic rings. The molecule has 12 heteroatoms. The molecule has 3 aliphatic rings. The minimum absolute atomic E-state index is 0.0178. The Morgan fingerprint density at radius 1 is 1.11 bits per heavy atom. The second-order valence-electron chi connectivity index (χ2n) is 12.5. The number of carboxylic acids is 1. The largest absolute Gasteiger partial charge is 0.481 e. The molecule has 2 amide bonds. The standard InChI is InChI=1S/C33H43N5O6S/c1-7-20-15(2)25(36-32(20)42)12-23-16(3)21(8-9-29(39)40)26(34-23)14-27-22(10-11-33(43)38-44-33)17(4)24(35-27)13-28-30(19(6)45)18(5)31(41)37-28/h7,13,18-19,25,30,34-35,38,43,45H,1,8-12,14H2,2-6H3,(H,36,42)(H,37,41)(H,39,40)/b28-13-/t18-,19-,25-,30+,33+/m1/s1. The maximum Gasteiger partial charge on any atom is 0.303 e. The van der Waals surface area contributed by atoms with Crippen molar-refractivity contribution < 1.29 is 29.4 Å². The maximum atomic E-state index is 12.6. The van der Waals surface area contributed by atoms with Crippen LogP contribution in [0.2, 0.25) is 0 Å². The highest BCUT2D eigenvalue weighted by Gasteiger charge is 2.43. The Morgan fingerprint density at radius 3 is 2.38 bits per heavy atom. The van der Waals surface area contributed by atoms with Crippen molar-refractivity contribution in [2.75, 3.05) is 0 Å². The number of aliphatic hydroxyl groups is 1. The van der Waals surface area contributed by atoms with Gasteiger partial charge in [0.1, 0.15) is 0 Å². The van der Waals surface area contributed by atoms with Crippen molar-refractivity contribution in [1.82, 2.24) is 26.1 Å². The number of aliphatic carboxylic acids is 1. The van der Waals surface area contributed by atoms with Gasteiger partial charge >= 0.3 is 5.97 Å². The van der Waals surface area contributed by atoms with E-state index >= 15 is 0 Å². The number of hydrogen-bond acceptors (Lipinski definition) is 7. The van der Waals surface area contributed by atoms with E-state index in [9.17, 15) is 24.6 Å². The summed E-state index contributed by atoms with van der Waals surface area (Å²) in [4.78, 5) is 48.8. The topological polar surface area (TPSA) is 182 Å². The monoisotopic (exact) mass is 637 g/mol. The van der Waals surface area contributed by atoms with Gasteiger partial charge in [0.15, 0.2) is 0 Å². The number of amides is 2. The molecule has 0 unspecified atom stereocenters. The van der Waals surface area contributed by atoms with E-state index in [1.165, 1.54) is 0 Å². The number of aromatic nitrogens is 2. The highest BCUT2D eigenvalue weighted by atomic mass is 32.1. The van der Waals surface area contributed by atoms with Gasteiger partial charge in [0.2, 0.25) is 5.91 Å². The Labute approximate surface area is 268 Å². The maximum absolute atomic E-state index is 12.6. The summed E-state index contributed by atoms with van der Waals surface area (Å²) in [6, 6.07) is -0.192. The first-order chi connectivity index (χ1) is 21.2. The number of aromatic amines is 2. The molecule has 5 rings (SSSR count). The average molecular weight is 638 g/mol. The Hall–Kier alpha value is -3.58. The molecule has 0 aliphatic carbocycles. The number of carboxylic acid groups (broad SMARTS) is 1. The number of H-pyrrole nitrogens is 2. The number of rotatable bonds is 13. The fourth-order valence-electron chi connectivity index (χ4n) is 6.78. The molecule has 0 bridgehead atoms. The van der Waals surface area contributed by atoms with Gasteiger partial charge < -0.3 is 30.8 Å². The summed E-state index contributed by atoms with van der Waals surface area (Å²) in [7, 11) is 0. The second-order valence-corrected chi connectivity index (χ2v) is 13.4. The summed E-state index contributed by atoms with van der Waals surface area (Å²) in [5, 5.41) is 25.9. The summed E-state index contributed by atoms with van der Waals surface area (Å²) in [5.74, 6) is -2.67. The lowest BCUT2D eigenvalue weighted by Gasteiger charge is -2.17. The Morgan fingerprint density at radius 2 is 1.78 bits per heavy atom. The molecular formula is C33H43N5O6S. The van der Waals surface area contributed by atoms with Crippen molar-refractivity contribution in [3.8, 4) is 0 Å². The SMILES string of the molecule is C=CC1=C(C)[C@@H](Cc2[nH]c(Cc3[nH]c(/C=C4\NC(=O)[C@H](C)[C@H]4[C@@H](C)S)c(C)c3CC[C@@]3(O)NO3)c(CCC(=O)O)c2C)NC1=O. The van der Waals surface area contributed by atoms with Crippen LogP contribution >= 0.6 is 12.6 Å². The zero-order chi connectivity index (χ0) is 32.8. The molecule has 242 valence electrons. The number of carbonyl (C=O) groups excluding carboxylic acids is 2. The van der Waals surface area contributed by atoms with Crippen LogP contribution in [-0.2, 0) is 44.9 Å². The molecule has 0 aromatic carbocycles. The highest BCUT2D eigenvalue weighted by Crippen LogP contribution is 2.35. The molecule has 0 spiro atoms. The predicted molar refractivity (Wildman–Crippen MR) is 173 cm³/mol. The lowest BCUT2D eigenvalue weighted by atomic mass is 9.91. The van der Waals surface area contributed by atoms with Crippen LogP contribution in [0.3, 0.4) is 0 Å². The molecular weight excluding hydrogens is 594 g/mol. The molecule has 0 saturated carbocycles. The van der Waals surface area contributed by atoms with Gasteiger partial charge in [-0.15, -0.1) is 5.48 Å². The number of nitrogens with one attached hydrogen (secondary N) is 5. The van der Waals surface area contributed by atoms with Crippen molar-refractivity contribution in [1.29, 1.82) is 0 Å². The van der Waals surface area contributed by atoms with Crippen LogP contribution in [0.15, 0.2) is 29.5 Å². The first-order valence-corrected chi connectivity index (χ1v) is 15.9. The normalized spacial score (nSPS) is 26.0. The van der Waals surface area contributed by atoms with Crippen molar-refractivity contribution in [2.45, 2.75) is 90.3 Å². The molecule has 3 aliphatic heterocycles. The van der Waals surface area contributed by atoms with Crippen molar-refractivity contribution >= 4 is 36.5 Å². The molecule has 2 fully saturated rings. The van der Waals surface area contributed by atoms with Gasteiger partial charge in [0.05, 0.1) is 6.04 Å². The fraction of sp³-hybridized carbons (Fsp3) is 0.485. The van der Waals surface area contributed by atoms with Crippen LogP contribution in [0, 0.1) is 25.7 Å². The van der Waals surface area contributed by atoms with Crippen molar-refractivity contribution in [2.24, 2.45) is 11.8 Å². The van der Waals surface area contributed by atoms with Gasteiger partial charge in [-0.1, -0.05) is 26.5 Å². The molecule has 45 heavy (non-hydrogen) atoms. The average Bonchev–Trinajstić information content (AvgIpc) is 3.25. The summed E-state index contributed by atoms with van der Waals surface area (Å²) >= 11 is 4.66. The number of carbonyl (C=O) groups is 3. The summed E-state index contributed by atoms with van der Waals surface area (Å²) in [6.45, 7) is 13.6. The zero-order valence-electron chi connectivity index (χ0n) is 26.4. The number of hydroxylamine groups is 1. The van der Waals surface area contributed by atoms with Crippen LogP contribution in [0.4, 0.5) is 0 Å². The fourth-order valence-corrected chi connectivity index (χ4v) is 7.20. The van der Waals surface area contributed by atoms with Gasteiger partial charge in [-0.2, -0.15) is 12.6 Å². The van der Waals surface area contributed by atoms with Gasteiger partial charge in [-0.25, -0.2) is 4.84 Å². The van der Waals surface area contributed by atoms with Gasteiger partial charge in [0, 0.05) is 76.8 Å². The first kappa shape index (κ1) is 32.8. The van der Waals surface area contributed by atoms with E-state index in [4.69, 9.17) is 4.84 Å². The molecule has 2 saturated heterocycles. The number of hydrogen-bond donors (Lipinski definition) is 8. The molecule has 5 atom stereocenters. The summed E-state index contributed by atoms with van der Waals surface area (Å²) in [6.07, 6.45) is 5.73. The lowest BCUT2D eigenvalue weighted by Crippen LogP contribution is -2.30. The van der Waals surface area contributed by atoms with Crippen LogP contribution < -0.4 is 16.1 Å². The third-order valence-electron chi connectivity index (χ3n) is 9.58. The molecule has 11 nitrogen and oxygen atoms in total. The van der Waals surface area contributed by atoms with Crippen LogP contribution in [0.1, 0.15) is 78.6 Å². The van der Waals surface area contributed by atoms with Crippen LogP contribution in [0.25, 0.3) is 6.08 Å². The number of thiol groups is 1. The molecule has 7 N–H and O–H groups in total. The molecule has 5 heterocycles. The third-order valence-corrected chi connectivity index (χ3v) is 9.90. The van der Waals surface area contributed by atoms with E-state index in [0.717, 1.165) is 56.3 Å².